The Balaban J connectivity index is 0. The van der Waals surface area contributed by atoms with Gasteiger partial charge in [-0.3, -0.25) is 20.1 Å². The highest BCUT2D eigenvalue weighted by Crippen LogP contribution is 2.50. The molecule has 0 heterocycles. The maximum atomic E-state index is 12.7. The number of halogens is 2. The van der Waals surface area contributed by atoms with Gasteiger partial charge in [-0.05, 0) is 147 Å². The molecule has 80 heavy (non-hydrogen) atoms. The number of amides is 2. The first-order valence-corrected chi connectivity index (χ1v) is 32.2. The highest BCUT2D eigenvalue weighted by Gasteiger charge is 2.44. The van der Waals surface area contributed by atoms with Crippen LogP contribution < -0.4 is 10.6 Å². The lowest BCUT2D eigenvalue weighted by atomic mass is 9.61. The molecule has 23 nitrogen and oxygen atoms in total. The third-order valence-electron chi connectivity index (χ3n) is 12.9. The minimum absolute atomic E-state index is 0.0347. The first kappa shape index (κ1) is 75.5. The first-order valence-electron chi connectivity index (χ1n) is 26.2. The van der Waals surface area contributed by atoms with Crippen LogP contribution in [0.5, 0.6) is 0 Å². The monoisotopic (exact) mass is 1380 g/mol. The number of carbonyl (C=O) groups is 7. The van der Waals surface area contributed by atoms with Crippen LogP contribution >= 0.6 is 47.9 Å². The van der Waals surface area contributed by atoms with Crippen molar-refractivity contribution in [1.29, 1.82) is 6.54 Å². The van der Waals surface area contributed by atoms with Crippen LogP contribution in [0.2, 0.25) is 0 Å². The number of nitrogens with zero attached hydrogens (tertiary/aromatic N) is 2. The van der Waals surface area contributed by atoms with Gasteiger partial charge in [0.2, 0.25) is 12.9 Å². The molecule has 2 amide bonds. The zero-order valence-electron chi connectivity index (χ0n) is 48.9. The number of aliphatic hydroxyl groups is 1. The average Bonchev–Trinajstić information content (AvgIpc) is 3.35. The first-order chi connectivity index (χ1) is 37.7. The number of aliphatic imine (C=N–C) groups is 1. The van der Waals surface area contributed by atoms with E-state index in [9.17, 15) is 38.4 Å². The Morgan fingerprint density at radius 3 is 1.35 bits per heavy atom. The predicted octanol–water partition coefficient (Wildman–Crippen LogP) is 10.2. The number of alkyl carbamates (subject to hydrolysis) is 2. The summed E-state index contributed by atoms with van der Waals surface area (Å²) in [6, 6.07) is -0.438. The molecule has 0 radical (unpaired) electrons. The smallest absolute Gasteiger partial charge is 0.410 e. The molecule has 6 unspecified atom stereocenters. The zero-order valence-corrected chi connectivity index (χ0v) is 53.1. The molecule has 0 saturated heterocycles. The summed E-state index contributed by atoms with van der Waals surface area (Å²) in [7, 11) is 0. The number of rotatable bonds is 24. The standard InChI is InChI=1S/C37H58N2O12.C12H18N2O2.C5H8O3.HI2P.H2O2/c1-9-28(40)46-15-17-48-30(42)11-13-36(7)21-26(19-34(3,4)23-36)38-32(44)50-25-51-33(45)39-27-20-35(5,6)24-37(8,22-27)14-12-31(43)49-18-16-47-29(41)10-2;1-11(2)4-10(16-8-13)5-12(3,6-11)7-14-9-15;1-2-5(7)8-4-3-6;1-3-2;1-2/h9-10,26-27H,1-2,11-25H2,3-8H3,(H,38,44)(H,39,45);10H,4-7H2,1-3H3;2,6H,1,3-4H2;3H;1-2H/i;;;3D;. The lowest BCUT2D eigenvalue weighted by Crippen LogP contribution is -2.48. The summed E-state index contributed by atoms with van der Waals surface area (Å²) in [5, 5.41) is 34.5. The molecular formula is C54H87I2N4O19P. The van der Waals surface area contributed by atoms with E-state index in [2.05, 4.69) is 146 Å². The van der Waals surface area contributed by atoms with Crippen molar-refractivity contribution in [2.24, 2.45) is 37.5 Å². The van der Waals surface area contributed by atoms with Crippen molar-refractivity contribution in [3.63, 3.8) is 0 Å². The SMILES string of the molecule is C=CC(=O)OCCO.C=CC(=O)OCCOC(=O)CCC1(C)CC(NC(=O)OCOC(=O)NC2CC(C)(C)CC(C)(CCC(=O)OCCOC(=O)C=C)C2)CC(C)(C)C1.CC1(C)CC(OC#N)CC(C)(CN=C=O)C1.OO.[2H]P(I)I. The number of hydrogen-bond donors (Lipinski definition) is 5. The van der Waals surface area contributed by atoms with Gasteiger partial charge in [0.05, 0.1) is 14.4 Å². The number of isocyanates is 1. The molecule has 5 N–H and O–H groups in total. The average molecular weight is 1380 g/mol. The van der Waals surface area contributed by atoms with Crippen LogP contribution in [-0.2, 0) is 66.7 Å². The van der Waals surface area contributed by atoms with Crippen LogP contribution in [0.4, 0.5) is 9.59 Å². The molecule has 6 atom stereocenters. The number of nitrogens with one attached hydrogen (secondary N) is 2. The van der Waals surface area contributed by atoms with E-state index in [0.29, 0.717) is 45.1 Å². The van der Waals surface area contributed by atoms with Crippen molar-refractivity contribution in [3.8, 4) is 6.26 Å². The molecule has 3 aliphatic rings. The molecule has 26 heteroatoms. The van der Waals surface area contributed by atoms with Crippen LogP contribution in [0, 0.1) is 44.0 Å². The van der Waals surface area contributed by atoms with Gasteiger partial charge < -0.3 is 53.6 Å². The highest BCUT2D eigenvalue weighted by molar-refractivity contribution is 14.3. The van der Waals surface area contributed by atoms with Gasteiger partial charge in [-0.2, -0.15) is 5.26 Å². The quantitative estimate of drug-likeness (QED) is 0.00487. The number of nitriles is 1. The van der Waals surface area contributed by atoms with Crippen LogP contribution in [0.3, 0.4) is 0 Å². The Morgan fingerprint density at radius 1 is 0.625 bits per heavy atom. The molecule has 3 fully saturated rings. The minimum atomic E-state index is -0.710. The normalized spacial score (nSPS) is 23.6. The van der Waals surface area contributed by atoms with E-state index >= 15 is 0 Å². The van der Waals surface area contributed by atoms with E-state index in [1.807, 2.05) is 0 Å². The fraction of sp³-hybridized carbons (Fsp3) is 0.722. The summed E-state index contributed by atoms with van der Waals surface area (Å²) in [6.07, 6.45) is 13.4. The predicted molar refractivity (Wildman–Crippen MR) is 315 cm³/mol. The fourth-order valence-electron chi connectivity index (χ4n) is 11.3. The van der Waals surface area contributed by atoms with Crippen molar-refractivity contribution in [1.82, 2.24) is 10.6 Å². The maximum absolute atomic E-state index is 12.7. The summed E-state index contributed by atoms with van der Waals surface area (Å²) in [5.74, 6) is -2.45. The zero-order chi connectivity index (χ0) is 62.5. The number of hydrogen-bond acceptors (Lipinski definition) is 21. The van der Waals surface area contributed by atoms with E-state index in [0.717, 1.165) is 50.3 Å². The Kier molecular flexibility index (Phi) is 38.4. The largest absolute Gasteiger partial charge is 0.462 e. The van der Waals surface area contributed by atoms with Crippen LogP contribution in [0.25, 0.3) is 0 Å². The molecule has 3 saturated carbocycles. The van der Waals surface area contributed by atoms with Crippen LogP contribution in [0.15, 0.2) is 43.0 Å². The second kappa shape index (κ2) is 40.7. The Bertz CT molecular complexity index is 2010. The third kappa shape index (κ3) is 37.5. The van der Waals surface area contributed by atoms with Crippen molar-refractivity contribution in [2.45, 2.75) is 164 Å². The molecule has 0 bridgehead atoms. The Hall–Kier alpha value is -4.45. The van der Waals surface area contributed by atoms with Gasteiger partial charge in [0.1, 0.15) is 39.1 Å². The van der Waals surface area contributed by atoms with Gasteiger partial charge >= 0.3 is 42.0 Å². The van der Waals surface area contributed by atoms with Gasteiger partial charge in [0.15, 0.2) is 0 Å². The van der Waals surface area contributed by atoms with Gasteiger partial charge in [0, 0.05) is 47.0 Å². The molecule has 0 aliphatic heterocycles. The maximum Gasteiger partial charge on any atom is 0.410 e. The lowest BCUT2D eigenvalue weighted by Gasteiger charge is -2.46. The molecule has 0 aromatic heterocycles. The van der Waals surface area contributed by atoms with E-state index in [1.54, 1.807) is 12.3 Å². The fourth-order valence-corrected chi connectivity index (χ4v) is 11.3. The second-order valence-corrected chi connectivity index (χ2v) is 31.5. The number of aliphatic hydroxyl groups excluding tert-OH is 1. The number of carbonyl (C=O) groups excluding carboxylic acids is 8. The van der Waals surface area contributed by atoms with Gasteiger partial charge in [-0.25, -0.2) is 33.8 Å². The molecular weight excluding hydrogens is 1290 g/mol. The highest BCUT2D eigenvalue weighted by atomic mass is 127. The summed E-state index contributed by atoms with van der Waals surface area (Å²) < 4.78 is 45.9. The van der Waals surface area contributed by atoms with Crippen molar-refractivity contribution in [3.05, 3.63) is 38.0 Å². The van der Waals surface area contributed by atoms with Gasteiger partial charge in [0.25, 0.3) is 6.26 Å². The second-order valence-electron chi connectivity index (χ2n) is 22.9. The molecule has 3 rings (SSSR count). The topological polar surface area (TPSA) is 331 Å². The summed E-state index contributed by atoms with van der Waals surface area (Å²) in [5.41, 5.74) is -0.694. The molecule has 0 spiro atoms. The van der Waals surface area contributed by atoms with Crippen LogP contribution in [-0.4, -0.2) is 136 Å². The van der Waals surface area contributed by atoms with Crippen molar-refractivity contribution < 1.29 is 91.9 Å². The molecule has 3 aliphatic carbocycles. The molecule has 456 valence electrons. The van der Waals surface area contributed by atoms with E-state index in [1.165, 1.54) is 0 Å². The van der Waals surface area contributed by atoms with E-state index in [4.69, 9.17) is 55.3 Å². The minimum Gasteiger partial charge on any atom is -0.462 e. The van der Waals surface area contributed by atoms with E-state index < -0.39 is 52.6 Å². The summed E-state index contributed by atoms with van der Waals surface area (Å²) in [4.78, 5) is 96.2. The summed E-state index contributed by atoms with van der Waals surface area (Å²) in [6.45, 7) is 28.4. The van der Waals surface area contributed by atoms with Crippen molar-refractivity contribution in [2.75, 3.05) is 53.0 Å². The van der Waals surface area contributed by atoms with E-state index in [-0.39, 0.29) is 103 Å². The Morgan fingerprint density at radius 2 is 0.988 bits per heavy atom. The van der Waals surface area contributed by atoms with Gasteiger partial charge in [-0.1, -0.05) is 82.1 Å². The van der Waals surface area contributed by atoms with Crippen LogP contribution in [0.1, 0.15) is 146 Å². The summed E-state index contributed by atoms with van der Waals surface area (Å²) >= 11 is 4.12. The Labute approximate surface area is 500 Å². The van der Waals surface area contributed by atoms with Crippen molar-refractivity contribution >= 4 is 96.0 Å². The van der Waals surface area contributed by atoms with Gasteiger partial charge in [-0.15, -0.1) is 0 Å². The lowest BCUT2D eigenvalue weighted by molar-refractivity contribution is -0.176. The third-order valence-corrected chi connectivity index (χ3v) is 12.9. The number of esters is 5. The number of ether oxygens (including phenoxy) is 8. The molecule has 0 aromatic carbocycles. The molecule has 0 aromatic rings.